The van der Waals surface area contributed by atoms with Crippen LogP contribution in [-0.4, -0.2) is 6.54 Å². The first-order valence-electron chi connectivity index (χ1n) is 7.80. The van der Waals surface area contributed by atoms with Crippen molar-refractivity contribution in [3.8, 4) is 11.5 Å². The van der Waals surface area contributed by atoms with Crippen LogP contribution in [0.1, 0.15) is 37.0 Å². The summed E-state index contributed by atoms with van der Waals surface area (Å²) in [5.74, 6) is 1.85. The quantitative estimate of drug-likeness (QED) is 0.733. The van der Waals surface area contributed by atoms with Crippen molar-refractivity contribution in [3.05, 3.63) is 59.2 Å². The van der Waals surface area contributed by atoms with Gasteiger partial charge in [0.1, 0.15) is 11.5 Å². The van der Waals surface area contributed by atoms with Gasteiger partial charge in [-0.25, -0.2) is 0 Å². The van der Waals surface area contributed by atoms with Gasteiger partial charge in [-0.05, 0) is 50.1 Å². The lowest BCUT2D eigenvalue weighted by molar-refractivity contribution is 0.472. The number of hydrogen-bond donors (Lipinski definition) is 1. The van der Waals surface area contributed by atoms with E-state index < -0.39 is 0 Å². The molecule has 0 atom stereocenters. The standard InChI is InChI=1S/C19H25NO/c1-4-11-20-14-17-12-15(3)9-10-19(17)21-18-8-6-7-16(5-2)13-18/h6-10,12-13,20H,4-5,11,14H2,1-3H3. The zero-order chi connectivity index (χ0) is 15.1. The van der Waals surface area contributed by atoms with E-state index in [1.54, 1.807) is 0 Å². The van der Waals surface area contributed by atoms with Gasteiger partial charge in [0.05, 0.1) is 0 Å². The first-order chi connectivity index (χ1) is 10.2. The molecule has 2 heteroatoms. The largest absolute Gasteiger partial charge is 0.457 e. The second kappa shape index (κ2) is 7.84. The zero-order valence-corrected chi connectivity index (χ0v) is 13.3. The summed E-state index contributed by atoms with van der Waals surface area (Å²) in [5, 5.41) is 3.45. The summed E-state index contributed by atoms with van der Waals surface area (Å²) in [5.41, 5.74) is 3.77. The minimum Gasteiger partial charge on any atom is -0.457 e. The molecule has 0 heterocycles. The van der Waals surface area contributed by atoms with Crippen LogP contribution in [0.15, 0.2) is 42.5 Å². The van der Waals surface area contributed by atoms with E-state index in [1.165, 1.54) is 16.7 Å². The summed E-state index contributed by atoms with van der Waals surface area (Å²) in [4.78, 5) is 0. The van der Waals surface area contributed by atoms with Gasteiger partial charge < -0.3 is 10.1 Å². The first kappa shape index (κ1) is 15.6. The van der Waals surface area contributed by atoms with E-state index in [0.29, 0.717) is 0 Å². The van der Waals surface area contributed by atoms with Crippen molar-refractivity contribution in [2.24, 2.45) is 0 Å². The van der Waals surface area contributed by atoms with Gasteiger partial charge in [0, 0.05) is 12.1 Å². The molecule has 0 spiro atoms. The van der Waals surface area contributed by atoms with E-state index >= 15 is 0 Å². The predicted molar refractivity (Wildman–Crippen MR) is 89.1 cm³/mol. The SMILES string of the molecule is CCCNCc1cc(C)ccc1Oc1cccc(CC)c1. The van der Waals surface area contributed by atoms with E-state index in [9.17, 15) is 0 Å². The number of benzene rings is 2. The molecular weight excluding hydrogens is 258 g/mol. The third kappa shape index (κ3) is 4.61. The average molecular weight is 283 g/mol. The molecule has 0 aliphatic heterocycles. The molecule has 1 N–H and O–H groups in total. The fraction of sp³-hybridized carbons (Fsp3) is 0.368. The van der Waals surface area contributed by atoms with E-state index in [2.05, 4.69) is 62.5 Å². The second-order valence-electron chi connectivity index (χ2n) is 5.39. The van der Waals surface area contributed by atoms with Crippen molar-refractivity contribution in [3.63, 3.8) is 0 Å². The van der Waals surface area contributed by atoms with E-state index in [1.807, 2.05) is 6.07 Å². The van der Waals surface area contributed by atoms with Gasteiger partial charge in [0.15, 0.2) is 0 Å². The number of rotatable bonds is 7. The van der Waals surface area contributed by atoms with Crippen molar-refractivity contribution in [1.82, 2.24) is 5.32 Å². The summed E-state index contributed by atoms with van der Waals surface area (Å²) in [7, 11) is 0. The van der Waals surface area contributed by atoms with Crippen molar-refractivity contribution in [2.45, 2.75) is 40.2 Å². The van der Waals surface area contributed by atoms with Gasteiger partial charge in [0.2, 0.25) is 0 Å². The van der Waals surface area contributed by atoms with Gasteiger partial charge >= 0.3 is 0 Å². The highest BCUT2D eigenvalue weighted by atomic mass is 16.5. The molecule has 0 unspecified atom stereocenters. The molecule has 0 aliphatic carbocycles. The maximum atomic E-state index is 6.10. The molecule has 0 fully saturated rings. The van der Waals surface area contributed by atoms with Crippen LogP contribution in [0, 0.1) is 6.92 Å². The van der Waals surface area contributed by atoms with E-state index in [4.69, 9.17) is 4.74 Å². The number of hydrogen-bond acceptors (Lipinski definition) is 2. The third-order valence-corrected chi connectivity index (χ3v) is 3.49. The molecule has 0 aromatic heterocycles. The Balaban J connectivity index is 2.17. The normalized spacial score (nSPS) is 10.6. The van der Waals surface area contributed by atoms with Crippen LogP contribution in [0.3, 0.4) is 0 Å². The molecule has 0 saturated heterocycles. The molecule has 0 radical (unpaired) electrons. The van der Waals surface area contributed by atoms with E-state index in [-0.39, 0.29) is 0 Å². The minimum atomic E-state index is 0.846. The predicted octanol–water partition coefficient (Wildman–Crippen LogP) is 4.85. The van der Waals surface area contributed by atoms with Gasteiger partial charge in [-0.15, -0.1) is 0 Å². The summed E-state index contributed by atoms with van der Waals surface area (Å²) >= 11 is 0. The molecule has 0 aliphatic rings. The van der Waals surface area contributed by atoms with Crippen LogP contribution in [0.2, 0.25) is 0 Å². The van der Waals surface area contributed by atoms with Crippen molar-refractivity contribution >= 4 is 0 Å². The molecule has 2 aromatic rings. The lowest BCUT2D eigenvalue weighted by Crippen LogP contribution is -2.14. The van der Waals surface area contributed by atoms with E-state index in [0.717, 1.165) is 37.4 Å². The highest BCUT2D eigenvalue weighted by molar-refractivity contribution is 5.41. The molecule has 0 amide bonds. The van der Waals surface area contributed by atoms with Crippen LogP contribution in [-0.2, 0) is 13.0 Å². The molecule has 2 aromatic carbocycles. The fourth-order valence-electron chi connectivity index (χ4n) is 2.30. The van der Waals surface area contributed by atoms with Gasteiger partial charge in [-0.3, -0.25) is 0 Å². The highest BCUT2D eigenvalue weighted by Crippen LogP contribution is 2.27. The Kier molecular flexibility index (Phi) is 5.82. The summed E-state index contributed by atoms with van der Waals surface area (Å²) < 4.78 is 6.10. The molecule has 0 bridgehead atoms. The second-order valence-corrected chi connectivity index (χ2v) is 5.39. The monoisotopic (exact) mass is 283 g/mol. The van der Waals surface area contributed by atoms with Crippen LogP contribution in [0.25, 0.3) is 0 Å². The smallest absolute Gasteiger partial charge is 0.131 e. The van der Waals surface area contributed by atoms with Gasteiger partial charge in [-0.2, -0.15) is 0 Å². The fourth-order valence-corrected chi connectivity index (χ4v) is 2.30. The lowest BCUT2D eigenvalue weighted by atomic mass is 10.1. The molecule has 2 rings (SSSR count). The van der Waals surface area contributed by atoms with Gasteiger partial charge in [-0.1, -0.05) is 43.7 Å². The Morgan fingerprint density at radius 2 is 1.90 bits per heavy atom. The minimum absolute atomic E-state index is 0.846. The van der Waals surface area contributed by atoms with Gasteiger partial charge in [0.25, 0.3) is 0 Å². The third-order valence-electron chi connectivity index (χ3n) is 3.49. The molecule has 112 valence electrons. The van der Waals surface area contributed by atoms with Crippen LogP contribution in [0.4, 0.5) is 0 Å². The Bertz CT molecular complexity index is 578. The van der Waals surface area contributed by atoms with Crippen LogP contribution in [0.5, 0.6) is 11.5 Å². The number of aryl methyl sites for hydroxylation is 2. The number of ether oxygens (including phenoxy) is 1. The Hall–Kier alpha value is -1.80. The molecule has 2 nitrogen and oxygen atoms in total. The topological polar surface area (TPSA) is 21.3 Å². The van der Waals surface area contributed by atoms with Crippen molar-refractivity contribution < 1.29 is 4.74 Å². The average Bonchev–Trinajstić information content (AvgIpc) is 2.50. The zero-order valence-electron chi connectivity index (χ0n) is 13.3. The number of nitrogens with one attached hydrogen (secondary N) is 1. The van der Waals surface area contributed by atoms with Crippen LogP contribution >= 0.6 is 0 Å². The van der Waals surface area contributed by atoms with Crippen molar-refractivity contribution in [1.29, 1.82) is 0 Å². The Morgan fingerprint density at radius 1 is 1.05 bits per heavy atom. The summed E-state index contributed by atoms with van der Waals surface area (Å²) in [6.45, 7) is 8.32. The van der Waals surface area contributed by atoms with Crippen molar-refractivity contribution in [2.75, 3.05) is 6.54 Å². The molecular formula is C19H25NO. The molecule has 0 saturated carbocycles. The maximum absolute atomic E-state index is 6.10. The lowest BCUT2D eigenvalue weighted by Gasteiger charge is -2.13. The first-order valence-corrected chi connectivity index (χ1v) is 7.80. The Labute approximate surface area is 128 Å². The molecule has 21 heavy (non-hydrogen) atoms. The summed E-state index contributed by atoms with van der Waals surface area (Å²) in [6.07, 6.45) is 2.16. The maximum Gasteiger partial charge on any atom is 0.131 e. The highest BCUT2D eigenvalue weighted by Gasteiger charge is 2.06. The Morgan fingerprint density at radius 3 is 2.67 bits per heavy atom. The summed E-state index contributed by atoms with van der Waals surface area (Å²) in [6, 6.07) is 14.7. The van der Waals surface area contributed by atoms with Crippen LogP contribution < -0.4 is 10.1 Å².